The number of aryl methyl sites for hydroxylation is 1. The second-order valence-corrected chi connectivity index (χ2v) is 7.25. The Morgan fingerprint density at radius 3 is 2.62 bits per heavy atom. The number of carbonyl (C=O) groups is 1. The zero-order valence-electron chi connectivity index (χ0n) is 18.3. The standard InChI is InChI=1S/C25H21N5O4/c1-30-12-11-20(15-24(30)33)34-19-8-5-17(6-9-19)29-25-21-14-18(7-10-22(21)26-16-27-25)28-23(32)4-2-3-13-31/h5-12,14-16,31H,3,13H2,1H3,(H,28,32)(H,26,27,29). The molecule has 2 aromatic heterocycles. The summed E-state index contributed by atoms with van der Waals surface area (Å²) >= 11 is 0. The maximum Gasteiger partial charge on any atom is 0.300 e. The minimum atomic E-state index is -0.467. The molecule has 9 heteroatoms. The number of aromatic nitrogens is 3. The first-order chi connectivity index (χ1) is 16.5. The third-order valence-electron chi connectivity index (χ3n) is 4.76. The van der Waals surface area contributed by atoms with E-state index in [0.717, 1.165) is 5.69 Å². The van der Waals surface area contributed by atoms with Crippen LogP contribution in [0.15, 0.2) is 71.9 Å². The van der Waals surface area contributed by atoms with Gasteiger partial charge >= 0.3 is 0 Å². The highest BCUT2D eigenvalue weighted by Gasteiger charge is 2.08. The van der Waals surface area contributed by atoms with Crippen molar-refractivity contribution < 1.29 is 14.6 Å². The molecule has 34 heavy (non-hydrogen) atoms. The van der Waals surface area contributed by atoms with Crippen molar-refractivity contribution in [3.8, 4) is 23.3 Å². The fraction of sp³-hybridized carbons (Fsp3) is 0.120. The van der Waals surface area contributed by atoms with Crippen molar-refractivity contribution in [3.63, 3.8) is 0 Å². The minimum Gasteiger partial charge on any atom is -0.457 e. The predicted molar refractivity (Wildman–Crippen MR) is 129 cm³/mol. The number of hydrogen-bond acceptors (Lipinski definition) is 7. The summed E-state index contributed by atoms with van der Waals surface area (Å²) < 4.78 is 7.21. The second kappa shape index (κ2) is 10.3. The molecule has 1 amide bonds. The molecule has 0 fully saturated rings. The molecular weight excluding hydrogens is 434 g/mol. The van der Waals surface area contributed by atoms with Crippen molar-refractivity contribution in [1.82, 2.24) is 14.5 Å². The van der Waals surface area contributed by atoms with E-state index in [1.807, 2.05) is 12.1 Å². The maximum atomic E-state index is 12.0. The van der Waals surface area contributed by atoms with Crippen molar-refractivity contribution in [1.29, 1.82) is 0 Å². The number of anilines is 3. The molecule has 4 aromatic rings. The van der Waals surface area contributed by atoms with Gasteiger partial charge in [0.25, 0.3) is 11.5 Å². The Kier molecular flexibility index (Phi) is 6.81. The maximum absolute atomic E-state index is 12.0. The van der Waals surface area contributed by atoms with Gasteiger partial charge in [-0.3, -0.25) is 9.59 Å². The Balaban J connectivity index is 1.51. The van der Waals surface area contributed by atoms with Crippen molar-refractivity contribution >= 4 is 34.0 Å². The number of amides is 1. The van der Waals surface area contributed by atoms with Crippen LogP contribution in [-0.4, -0.2) is 32.2 Å². The third kappa shape index (κ3) is 5.56. The Hall–Kier alpha value is -4.68. The van der Waals surface area contributed by atoms with Gasteiger partial charge in [0.15, 0.2) is 0 Å². The van der Waals surface area contributed by atoms with Crippen LogP contribution in [0.3, 0.4) is 0 Å². The molecule has 0 aliphatic carbocycles. The summed E-state index contributed by atoms with van der Waals surface area (Å²) in [7, 11) is 1.67. The van der Waals surface area contributed by atoms with E-state index in [4.69, 9.17) is 9.84 Å². The number of fused-ring (bicyclic) bond motifs is 1. The average molecular weight is 455 g/mol. The van der Waals surface area contributed by atoms with Crippen LogP contribution in [0.5, 0.6) is 11.5 Å². The highest BCUT2D eigenvalue weighted by molar-refractivity contribution is 6.05. The number of benzene rings is 2. The topological polar surface area (TPSA) is 118 Å². The minimum absolute atomic E-state index is 0.0953. The average Bonchev–Trinajstić information content (AvgIpc) is 2.83. The summed E-state index contributed by atoms with van der Waals surface area (Å²) in [5.74, 6) is 6.15. The van der Waals surface area contributed by atoms with E-state index >= 15 is 0 Å². The lowest BCUT2D eigenvalue weighted by molar-refractivity contribution is -0.111. The van der Waals surface area contributed by atoms with Gasteiger partial charge < -0.3 is 25.0 Å². The Bertz CT molecular complexity index is 1450. The van der Waals surface area contributed by atoms with Gasteiger partial charge in [-0.25, -0.2) is 9.97 Å². The molecule has 0 unspecified atom stereocenters. The van der Waals surface area contributed by atoms with Crippen molar-refractivity contribution in [2.45, 2.75) is 6.42 Å². The molecule has 170 valence electrons. The second-order valence-electron chi connectivity index (χ2n) is 7.25. The normalized spacial score (nSPS) is 10.3. The van der Waals surface area contributed by atoms with Gasteiger partial charge in [-0.15, -0.1) is 0 Å². The van der Waals surface area contributed by atoms with Crippen molar-refractivity contribution in [2.24, 2.45) is 7.05 Å². The molecule has 4 rings (SSSR count). The number of nitrogens with one attached hydrogen (secondary N) is 2. The molecule has 0 atom stereocenters. The van der Waals surface area contributed by atoms with Gasteiger partial charge in [0.05, 0.1) is 12.1 Å². The molecule has 0 aliphatic heterocycles. The SMILES string of the molecule is Cn1ccc(Oc2ccc(Nc3ncnc4ccc(NC(=O)C#CCCO)cc34)cc2)cc1=O. The zero-order valence-corrected chi connectivity index (χ0v) is 18.3. The lowest BCUT2D eigenvalue weighted by atomic mass is 10.2. The molecule has 0 radical (unpaired) electrons. The van der Waals surface area contributed by atoms with Gasteiger partial charge in [-0.05, 0) is 54.5 Å². The van der Waals surface area contributed by atoms with Crippen LogP contribution in [0, 0.1) is 11.8 Å². The van der Waals surface area contributed by atoms with Crippen LogP contribution in [0.25, 0.3) is 10.9 Å². The van der Waals surface area contributed by atoms with Crippen LogP contribution in [0.4, 0.5) is 17.2 Å². The number of nitrogens with zero attached hydrogens (tertiary/aromatic N) is 3. The number of aliphatic hydroxyl groups is 1. The van der Waals surface area contributed by atoms with Gasteiger partial charge in [0.2, 0.25) is 0 Å². The highest BCUT2D eigenvalue weighted by Crippen LogP contribution is 2.27. The summed E-state index contributed by atoms with van der Waals surface area (Å²) in [5, 5.41) is 15.4. The molecule has 0 saturated carbocycles. The Morgan fingerprint density at radius 2 is 1.85 bits per heavy atom. The first-order valence-electron chi connectivity index (χ1n) is 10.4. The molecule has 3 N–H and O–H groups in total. The number of ether oxygens (including phenoxy) is 1. The van der Waals surface area contributed by atoms with Crippen molar-refractivity contribution in [2.75, 3.05) is 17.2 Å². The summed E-state index contributed by atoms with van der Waals surface area (Å²) in [4.78, 5) is 32.3. The first-order valence-corrected chi connectivity index (χ1v) is 10.4. The quantitative estimate of drug-likeness (QED) is 0.382. The van der Waals surface area contributed by atoms with Crippen LogP contribution in [-0.2, 0) is 11.8 Å². The van der Waals surface area contributed by atoms with E-state index in [2.05, 4.69) is 32.4 Å². The molecule has 2 heterocycles. The van der Waals surface area contributed by atoms with Gasteiger partial charge in [-0.1, -0.05) is 5.92 Å². The van der Waals surface area contributed by atoms with E-state index in [0.29, 0.717) is 33.9 Å². The first kappa shape index (κ1) is 22.5. The summed E-state index contributed by atoms with van der Waals surface area (Å²) in [5.41, 5.74) is 1.86. The number of rotatable bonds is 6. The fourth-order valence-electron chi connectivity index (χ4n) is 3.07. The van der Waals surface area contributed by atoms with Crippen LogP contribution in [0.1, 0.15) is 6.42 Å². The summed E-state index contributed by atoms with van der Waals surface area (Å²) in [6.07, 6.45) is 3.34. The van der Waals surface area contributed by atoms with Crippen LogP contribution >= 0.6 is 0 Å². The fourth-order valence-corrected chi connectivity index (χ4v) is 3.07. The molecule has 0 spiro atoms. The summed E-state index contributed by atoms with van der Waals surface area (Å²) in [6.45, 7) is -0.0953. The molecule has 0 aliphatic rings. The number of hydrogen-bond donors (Lipinski definition) is 3. The van der Waals surface area contributed by atoms with Crippen molar-refractivity contribution in [3.05, 3.63) is 77.5 Å². The van der Waals surface area contributed by atoms with Gasteiger partial charge in [0, 0.05) is 42.5 Å². The highest BCUT2D eigenvalue weighted by atomic mass is 16.5. The molecule has 2 aromatic carbocycles. The zero-order chi connectivity index (χ0) is 23.9. The summed E-state index contributed by atoms with van der Waals surface area (Å²) in [6, 6.07) is 15.6. The monoisotopic (exact) mass is 455 g/mol. The number of pyridine rings is 1. The lowest BCUT2D eigenvalue weighted by Gasteiger charge is -2.11. The van der Waals surface area contributed by atoms with E-state index in [1.54, 1.807) is 49.6 Å². The molecule has 9 nitrogen and oxygen atoms in total. The largest absolute Gasteiger partial charge is 0.457 e. The van der Waals surface area contributed by atoms with E-state index in [1.165, 1.54) is 17.0 Å². The third-order valence-corrected chi connectivity index (χ3v) is 4.76. The Morgan fingerprint density at radius 1 is 1.06 bits per heavy atom. The van der Waals surface area contributed by atoms with Crippen LogP contribution < -0.4 is 20.9 Å². The molecule has 0 saturated heterocycles. The predicted octanol–water partition coefficient (Wildman–Crippen LogP) is 3.19. The smallest absolute Gasteiger partial charge is 0.300 e. The molecule has 0 bridgehead atoms. The van der Waals surface area contributed by atoms with Gasteiger partial charge in [-0.2, -0.15) is 0 Å². The Labute approximate surface area is 195 Å². The van der Waals surface area contributed by atoms with E-state index in [9.17, 15) is 9.59 Å². The van der Waals surface area contributed by atoms with E-state index in [-0.39, 0.29) is 18.6 Å². The molecular formula is C25H21N5O4. The van der Waals surface area contributed by atoms with Crippen LogP contribution in [0.2, 0.25) is 0 Å². The van der Waals surface area contributed by atoms with E-state index < -0.39 is 5.91 Å². The number of carbonyl (C=O) groups excluding carboxylic acids is 1. The van der Waals surface area contributed by atoms with Gasteiger partial charge in [0.1, 0.15) is 23.6 Å². The number of aliphatic hydroxyl groups excluding tert-OH is 1. The lowest BCUT2D eigenvalue weighted by Crippen LogP contribution is -2.13.